The lowest BCUT2D eigenvalue weighted by Gasteiger charge is -2.19. The predicted octanol–water partition coefficient (Wildman–Crippen LogP) is 5.73. The van der Waals surface area contributed by atoms with Crippen LogP contribution in [0, 0.1) is 5.92 Å². The summed E-state index contributed by atoms with van der Waals surface area (Å²) in [6.45, 7) is 10.9. The average molecular weight is 288 g/mol. The fourth-order valence-electron chi connectivity index (χ4n) is 2.71. The fourth-order valence-corrected chi connectivity index (χ4v) is 2.71. The van der Waals surface area contributed by atoms with E-state index in [9.17, 15) is 5.11 Å². The standard InChI is InChI=1S/C20H32O/c1-15(2)19-13-12-17(4)10-6-8-16(3)9-7-11-18(5)14-20(19)21/h8,11-13,15,20-21H,6-7,9-10,14H2,1-5H3/b16-8+,17-12?,18-11+,19-13?. The third-order valence-electron chi connectivity index (χ3n) is 4.19. The van der Waals surface area contributed by atoms with Crippen LogP contribution in [0.3, 0.4) is 0 Å². The molecule has 1 nitrogen and oxygen atoms in total. The SMILES string of the molecule is CC1=CC=C(C(C)C)C(O)C/C(C)=C/CC/C(C)=C/CC1. The Morgan fingerprint density at radius 3 is 2.10 bits per heavy atom. The van der Waals surface area contributed by atoms with Crippen LogP contribution >= 0.6 is 0 Å². The second-order valence-electron chi connectivity index (χ2n) is 6.73. The molecule has 0 bridgehead atoms. The van der Waals surface area contributed by atoms with Gasteiger partial charge >= 0.3 is 0 Å². The van der Waals surface area contributed by atoms with Crippen molar-refractivity contribution in [2.45, 2.75) is 72.8 Å². The molecule has 0 radical (unpaired) electrons. The Morgan fingerprint density at radius 1 is 0.905 bits per heavy atom. The van der Waals surface area contributed by atoms with Gasteiger partial charge in [-0.1, -0.05) is 54.9 Å². The van der Waals surface area contributed by atoms with E-state index in [0.29, 0.717) is 5.92 Å². The minimum absolute atomic E-state index is 0.357. The highest BCUT2D eigenvalue weighted by atomic mass is 16.3. The molecule has 0 amide bonds. The van der Waals surface area contributed by atoms with Gasteiger partial charge in [-0.05, 0) is 64.4 Å². The first-order valence-electron chi connectivity index (χ1n) is 8.26. The van der Waals surface area contributed by atoms with E-state index in [4.69, 9.17) is 0 Å². The second kappa shape index (κ2) is 9.04. The van der Waals surface area contributed by atoms with E-state index in [0.717, 1.165) is 37.7 Å². The van der Waals surface area contributed by atoms with Gasteiger partial charge in [0.25, 0.3) is 0 Å². The molecule has 1 N–H and O–H groups in total. The summed E-state index contributed by atoms with van der Waals surface area (Å²) in [6.07, 6.45) is 13.8. The molecule has 21 heavy (non-hydrogen) atoms. The normalized spacial score (nSPS) is 27.9. The van der Waals surface area contributed by atoms with Crippen molar-refractivity contribution in [2.75, 3.05) is 0 Å². The van der Waals surface area contributed by atoms with E-state index in [1.165, 1.54) is 16.7 Å². The maximum Gasteiger partial charge on any atom is 0.0792 e. The highest BCUT2D eigenvalue weighted by molar-refractivity contribution is 5.23. The summed E-state index contributed by atoms with van der Waals surface area (Å²) in [5.74, 6) is 0.381. The van der Waals surface area contributed by atoms with Crippen LogP contribution in [0.15, 0.2) is 46.6 Å². The largest absolute Gasteiger partial charge is 0.388 e. The smallest absolute Gasteiger partial charge is 0.0792 e. The molecule has 0 spiro atoms. The van der Waals surface area contributed by atoms with Crippen molar-refractivity contribution in [3.63, 3.8) is 0 Å². The summed E-state index contributed by atoms with van der Waals surface area (Å²) in [5.41, 5.74) is 5.29. The fraction of sp³-hybridized carbons (Fsp3) is 0.600. The molecule has 0 fully saturated rings. The molecule has 118 valence electrons. The first-order chi connectivity index (χ1) is 9.90. The van der Waals surface area contributed by atoms with Crippen LogP contribution in [-0.4, -0.2) is 11.2 Å². The number of aliphatic hydroxyl groups excluding tert-OH is 1. The Balaban J connectivity index is 3.00. The molecule has 1 unspecified atom stereocenters. The van der Waals surface area contributed by atoms with Crippen molar-refractivity contribution in [1.29, 1.82) is 0 Å². The number of hydrogen-bond acceptors (Lipinski definition) is 1. The molecule has 0 aliphatic heterocycles. The third-order valence-corrected chi connectivity index (χ3v) is 4.19. The van der Waals surface area contributed by atoms with Crippen molar-refractivity contribution in [3.05, 3.63) is 46.6 Å². The van der Waals surface area contributed by atoms with Gasteiger partial charge in [0, 0.05) is 0 Å². The van der Waals surface area contributed by atoms with Crippen LogP contribution in [0.1, 0.15) is 66.7 Å². The maximum absolute atomic E-state index is 10.5. The minimum Gasteiger partial charge on any atom is -0.388 e. The second-order valence-corrected chi connectivity index (χ2v) is 6.73. The highest BCUT2D eigenvalue weighted by Crippen LogP contribution is 2.22. The molecule has 1 aliphatic carbocycles. The van der Waals surface area contributed by atoms with E-state index in [1.807, 2.05) is 0 Å². The molecule has 0 saturated carbocycles. The summed E-state index contributed by atoms with van der Waals surface area (Å²) in [7, 11) is 0. The van der Waals surface area contributed by atoms with Gasteiger partial charge in [0.05, 0.1) is 6.10 Å². The van der Waals surface area contributed by atoms with Crippen LogP contribution in [0.25, 0.3) is 0 Å². The molecule has 0 heterocycles. The average Bonchev–Trinajstić information content (AvgIpc) is 2.37. The first kappa shape index (κ1) is 18.0. The monoisotopic (exact) mass is 288 g/mol. The number of hydrogen-bond donors (Lipinski definition) is 1. The first-order valence-corrected chi connectivity index (χ1v) is 8.26. The van der Waals surface area contributed by atoms with Crippen molar-refractivity contribution in [2.24, 2.45) is 5.92 Å². The van der Waals surface area contributed by atoms with Gasteiger partial charge < -0.3 is 5.11 Å². The van der Waals surface area contributed by atoms with Crippen LogP contribution in [-0.2, 0) is 0 Å². The summed E-state index contributed by atoms with van der Waals surface area (Å²) in [4.78, 5) is 0. The third kappa shape index (κ3) is 6.95. The summed E-state index contributed by atoms with van der Waals surface area (Å²) in [6, 6.07) is 0. The van der Waals surface area contributed by atoms with E-state index in [1.54, 1.807) is 0 Å². The van der Waals surface area contributed by atoms with E-state index in [2.05, 4.69) is 58.9 Å². The summed E-state index contributed by atoms with van der Waals surface area (Å²) >= 11 is 0. The van der Waals surface area contributed by atoms with Gasteiger partial charge in [0.1, 0.15) is 0 Å². The summed E-state index contributed by atoms with van der Waals surface area (Å²) < 4.78 is 0. The lowest BCUT2D eigenvalue weighted by Crippen LogP contribution is -2.15. The Bertz CT molecular complexity index is 446. The van der Waals surface area contributed by atoms with Crippen LogP contribution < -0.4 is 0 Å². The molecule has 1 atom stereocenters. The molecule has 1 aliphatic rings. The van der Waals surface area contributed by atoms with Gasteiger partial charge in [0.2, 0.25) is 0 Å². The van der Waals surface area contributed by atoms with Gasteiger partial charge in [-0.2, -0.15) is 0 Å². The molecule has 0 aromatic carbocycles. The zero-order valence-electron chi connectivity index (χ0n) is 14.4. The minimum atomic E-state index is -0.357. The van der Waals surface area contributed by atoms with Gasteiger partial charge in [-0.25, -0.2) is 0 Å². The van der Waals surface area contributed by atoms with Crippen molar-refractivity contribution in [3.8, 4) is 0 Å². The van der Waals surface area contributed by atoms with E-state index < -0.39 is 0 Å². The van der Waals surface area contributed by atoms with E-state index in [-0.39, 0.29) is 6.10 Å². The molecular weight excluding hydrogens is 256 g/mol. The Labute approximate surface area is 131 Å². The van der Waals surface area contributed by atoms with Crippen molar-refractivity contribution >= 4 is 0 Å². The van der Waals surface area contributed by atoms with Crippen molar-refractivity contribution < 1.29 is 5.11 Å². The van der Waals surface area contributed by atoms with Crippen LogP contribution in [0.5, 0.6) is 0 Å². The molecular formula is C20H32O. The molecule has 1 rings (SSSR count). The molecule has 0 aromatic rings. The maximum atomic E-state index is 10.5. The van der Waals surface area contributed by atoms with Gasteiger partial charge in [-0.15, -0.1) is 0 Å². The van der Waals surface area contributed by atoms with Gasteiger partial charge in [-0.3, -0.25) is 0 Å². The molecule has 1 heteroatoms. The Morgan fingerprint density at radius 2 is 1.48 bits per heavy atom. The zero-order valence-corrected chi connectivity index (χ0v) is 14.4. The quantitative estimate of drug-likeness (QED) is 0.611. The zero-order chi connectivity index (χ0) is 15.8. The number of aliphatic hydroxyl groups is 1. The van der Waals surface area contributed by atoms with E-state index >= 15 is 0 Å². The number of allylic oxidation sites excluding steroid dienone is 6. The lowest BCUT2D eigenvalue weighted by molar-refractivity contribution is 0.200. The lowest BCUT2D eigenvalue weighted by atomic mass is 9.92. The highest BCUT2D eigenvalue weighted by Gasteiger charge is 2.14. The van der Waals surface area contributed by atoms with Crippen LogP contribution in [0.2, 0.25) is 0 Å². The molecule has 0 saturated heterocycles. The topological polar surface area (TPSA) is 20.2 Å². The predicted molar refractivity (Wildman–Crippen MR) is 93.3 cm³/mol. The Kier molecular flexibility index (Phi) is 7.74. The van der Waals surface area contributed by atoms with Crippen LogP contribution in [0.4, 0.5) is 0 Å². The molecule has 0 aromatic heterocycles. The van der Waals surface area contributed by atoms with Crippen molar-refractivity contribution in [1.82, 2.24) is 0 Å². The number of rotatable bonds is 1. The summed E-state index contributed by atoms with van der Waals surface area (Å²) in [5, 5.41) is 10.5. The van der Waals surface area contributed by atoms with Gasteiger partial charge in [0.15, 0.2) is 0 Å². The Hall–Kier alpha value is -1.08.